The maximum Gasteiger partial charge on any atom is 0.335 e. The maximum atomic E-state index is 11.9. The number of amides is 2. The zero-order valence-corrected chi connectivity index (χ0v) is 14.0. The van der Waals surface area contributed by atoms with Gasteiger partial charge in [-0.15, -0.1) is 0 Å². The summed E-state index contributed by atoms with van der Waals surface area (Å²) < 4.78 is 0. The number of aryl methyl sites for hydroxylation is 1. The van der Waals surface area contributed by atoms with Crippen LogP contribution in [0.25, 0.3) is 0 Å². The van der Waals surface area contributed by atoms with E-state index in [2.05, 4.69) is 34.9 Å². The molecule has 25 heavy (non-hydrogen) atoms. The van der Waals surface area contributed by atoms with E-state index in [9.17, 15) is 9.59 Å². The molecule has 2 amide bonds. The second-order valence-corrected chi connectivity index (χ2v) is 6.33. The number of hydrogen-bond acceptors (Lipinski definition) is 2. The Morgan fingerprint density at radius 3 is 2.56 bits per heavy atom. The van der Waals surface area contributed by atoms with Crippen LogP contribution in [0.3, 0.4) is 0 Å². The highest BCUT2D eigenvalue weighted by Crippen LogP contribution is 2.34. The normalized spacial score (nSPS) is 15.4. The fourth-order valence-corrected chi connectivity index (χ4v) is 3.32. The van der Waals surface area contributed by atoms with Crippen LogP contribution in [-0.2, 0) is 13.0 Å². The molecule has 0 radical (unpaired) electrons. The first-order valence-electron chi connectivity index (χ1n) is 8.55. The van der Waals surface area contributed by atoms with E-state index in [1.165, 1.54) is 23.3 Å². The van der Waals surface area contributed by atoms with Gasteiger partial charge in [-0.3, -0.25) is 0 Å². The summed E-state index contributed by atoms with van der Waals surface area (Å²) in [6, 6.07) is 14.8. The predicted molar refractivity (Wildman–Crippen MR) is 95.8 cm³/mol. The minimum absolute atomic E-state index is 0.200. The van der Waals surface area contributed by atoms with Crippen LogP contribution in [-0.4, -0.2) is 23.7 Å². The molecule has 3 N–H and O–H groups in total. The van der Waals surface area contributed by atoms with Crippen LogP contribution in [0, 0.1) is 0 Å². The van der Waals surface area contributed by atoms with Gasteiger partial charge >= 0.3 is 12.0 Å². The molecule has 130 valence electrons. The highest BCUT2D eigenvalue weighted by molar-refractivity contribution is 5.87. The van der Waals surface area contributed by atoms with E-state index in [1.807, 2.05) is 0 Å². The standard InChI is InChI=1S/C20H22N2O3/c23-19(24)17-7-5-14(6-8-17)13-22-20(25)21-12-11-16-10-9-15-3-1-2-4-18(15)16/h1-8,16H,9-13H2,(H,23,24)(H2,21,22,25). The number of carboxylic acid groups (broad SMARTS) is 1. The minimum Gasteiger partial charge on any atom is -0.478 e. The van der Waals surface area contributed by atoms with Gasteiger partial charge in [0.25, 0.3) is 0 Å². The van der Waals surface area contributed by atoms with Gasteiger partial charge in [0, 0.05) is 13.1 Å². The van der Waals surface area contributed by atoms with E-state index in [-0.39, 0.29) is 11.6 Å². The molecular formula is C20H22N2O3. The molecule has 0 spiro atoms. The molecule has 5 nitrogen and oxygen atoms in total. The molecule has 2 aromatic rings. The quantitative estimate of drug-likeness (QED) is 0.756. The minimum atomic E-state index is -0.953. The van der Waals surface area contributed by atoms with Gasteiger partial charge < -0.3 is 15.7 Å². The zero-order chi connectivity index (χ0) is 17.6. The van der Waals surface area contributed by atoms with Crippen LogP contribution in [0.2, 0.25) is 0 Å². The van der Waals surface area contributed by atoms with Gasteiger partial charge in [0.1, 0.15) is 0 Å². The summed E-state index contributed by atoms with van der Waals surface area (Å²) in [6.45, 7) is 1.01. The molecule has 2 aromatic carbocycles. The van der Waals surface area contributed by atoms with Crippen LogP contribution >= 0.6 is 0 Å². The van der Waals surface area contributed by atoms with E-state index < -0.39 is 5.97 Å². The van der Waals surface area contributed by atoms with Gasteiger partial charge in [0.2, 0.25) is 0 Å². The number of benzene rings is 2. The molecule has 1 aliphatic carbocycles. The zero-order valence-electron chi connectivity index (χ0n) is 14.0. The van der Waals surface area contributed by atoms with Crippen molar-refractivity contribution in [3.8, 4) is 0 Å². The summed E-state index contributed by atoms with van der Waals surface area (Å²) in [5.41, 5.74) is 3.96. The van der Waals surface area contributed by atoms with Gasteiger partial charge in [0.05, 0.1) is 5.56 Å². The third-order valence-electron chi connectivity index (χ3n) is 4.69. The summed E-state index contributed by atoms with van der Waals surface area (Å²) in [5, 5.41) is 14.6. The summed E-state index contributed by atoms with van der Waals surface area (Å²) in [5.74, 6) is -0.425. The average molecular weight is 338 g/mol. The van der Waals surface area contributed by atoms with Crippen molar-refractivity contribution in [2.75, 3.05) is 6.54 Å². The molecule has 5 heteroatoms. The number of rotatable bonds is 6. The monoisotopic (exact) mass is 338 g/mol. The van der Waals surface area contributed by atoms with Crippen LogP contribution in [0.4, 0.5) is 4.79 Å². The number of nitrogens with one attached hydrogen (secondary N) is 2. The summed E-state index contributed by atoms with van der Waals surface area (Å²) in [7, 11) is 0. The predicted octanol–water partition coefficient (Wildman–Crippen LogP) is 3.30. The number of carbonyl (C=O) groups excluding carboxylic acids is 1. The fourth-order valence-electron chi connectivity index (χ4n) is 3.32. The lowest BCUT2D eigenvalue weighted by Gasteiger charge is -2.13. The van der Waals surface area contributed by atoms with Crippen molar-refractivity contribution in [1.82, 2.24) is 10.6 Å². The lowest BCUT2D eigenvalue weighted by molar-refractivity contribution is 0.0697. The topological polar surface area (TPSA) is 78.4 Å². The Bertz CT molecular complexity index is 756. The van der Waals surface area contributed by atoms with Crippen molar-refractivity contribution in [1.29, 1.82) is 0 Å². The number of carboxylic acids is 1. The molecule has 1 atom stereocenters. The third kappa shape index (κ3) is 4.38. The maximum absolute atomic E-state index is 11.9. The third-order valence-corrected chi connectivity index (χ3v) is 4.69. The highest BCUT2D eigenvalue weighted by atomic mass is 16.4. The molecule has 0 bridgehead atoms. The molecule has 0 aromatic heterocycles. The van der Waals surface area contributed by atoms with E-state index in [0.717, 1.165) is 24.8 Å². The van der Waals surface area contributed by atoms with Crippen molar-refractivity contribution >= 4 is 12.0 Å². The summed E-state index contributed by atoms with van der Waals surface area (Å²) in [4.78, 5) is 22.7. The molecular weight excluding hydrogens is 316 g/mol. The van der Waals surface area contributed by atoms with Gasteiger partial charge in [0.15, 0.2) is 0 Å². The molecule has 0 saturated heterocycles. The Kier molecular flexibility index (Phi) is 5.33. The van der Waals surface area contributed by atoms with E-state index in [1.54, 1.807) is 12.1 Å². The van der Waals surface area contributed by atoms with Crippen LogP contribution < -0.4 is 10.6 Å². The SMILES string of the molecule is O=C(NCCC1CCc2ccccc21)NCc1ccc(C(=O)O)cc1. The molecule has 0 aliphatic heterocycles. The van der Waals surface area contributed by atoms with Crippen molar-refractivity contribution in [2.24, 2.45) is 0 Å². The van der Waals surface area contributed by atoms with E-state index >= 15 is 0 Å². The average Bonchev–Trinajstić information content (AvgIpc) is 3.04. The number of hydrogen-bond donors (Lipinski definition) is 3. The van der Waals surface area contributed by atoms with E-state index in [4.69, 9.17) is 5.11 Å². The molecule has 3 rings (SSSR count). The lowest BCUT2D eigenvalue weighted by atomic mass is 9.98. The molecule has 0 saturated carbocycles. The number of aromatic carboxylic acids is 1. The van der Waals surface area contributed by atoms with Crippen molar-refractivity contribution in [2.45, 2.75) is 31.7 Å². The Morgan fingerprint density at radius 2 is 1.80 bits per heavy atom. The van der Waals surface area contributed by atoms with Crippen molar-refractivity contribution in [3.63, 3.8) is 0 Å². The Morgan fingerprint density at radius 1 is 1.04 bits per heavy atom. The Balaban J connectivity index is 1.39. The first-order valence-corrected chi connectivity index (χ1v) is 8.55. The molecule has 0 fully saturated rings. The van der Waals surface area contributed by atoms with Crippen LogP contribution in [0.1, 0.15) is 45.8 Å². The van der Waals surface area contributed by atoms with Crippen LogP contribution in [0.15, 0.2) is 48.5 Å². The van der Waals surface area contributed by atoms with Gasteiger partial charge in [-0.2, -0.15) is 0 Å². The first kappa shape index (κ1) is 17.0. The number of carbonyl (C=O) groups is 2. The second-order valence-electron chi connectivity index (χ2n) is 6.33. The lowest BCUT2D eigenvalue weighted by Crippen LogP contribution is -2.35. The van der Waals surface area contributed by atoms with Gasteiger partial charge in [-0.05, 0) is 54.0 Å². The number of urea groups is 1. The second kappa shape index (κ2) is 7.83. The first-order chi connectivity index (χ1) is 12.1. The van der Waals surface area contributed by atoms with Gasteiger partial charge in [-0.1, -0.05) is 36.4 Å². The van der Waals surface area contributed by atoms with Crippen LogP contribution in [0.5, 0.6) is 0 Å². The molecule has 1 unspecified atom stereocenters. The highest BCUT2D eigenvalue weighted by Gasteiger charge is 2.21. The Hall–Kier alpha value is -2.82. The summed E-state index contributed by atoms with van der Waals surface area (Å²) >= 11 is 0. The largest absolute Gasteiger partial charge is 0.478 e. The van der Waals surface area contributed by atoms with Crippen molar-refractivity contribution in [3.05, 3.63) is 70.8 Å². The summed E-state index contributed by atoms with van der Waals surface area (Å²) in [6.07, 6.45) is 3.22. The molecule has 0 heterocycles. The van der Waals surface area contributed by atoms with Gasteiger partial charge in [-0.25, -0.2) is 9.59 Å². The molecule has 1 aliphatic rings. The fraction of sp³-hybridized carbons (Fsp3) is 0.300. The van der Waals surface area contributed by atoms with E-state index in [0.29, 0.717) is 19.0 Å². The smallest absolute Gasteiger partial charge is 0.335 e. The number of fused-ring (bicyclic) bond motifs is 1. The Labute approximate surface area is 147 Å². The van der Waals surface area contributed by atoms with Crippen molar-refractivity contribution < 1.29 is 14.7 Å².